The first kappa shape index (κ1) is 23.6. The highest BCUT2D eigenvalue weighted by Gasteiger charge is 2.26. The van der Waals surface area contributed by atoms with Crippen LogP contribution in [0.2, 0.25) is 0 Å². The molecule has 174 valence electrons. The van der Waals surface area contributed by atoms with Gasteiger partial charge in [0.1, 0.15) is 11.1 Å². The molecule has 1 aliphatic rings. The summed E-state index contributed by atoms with van der Waals surface area (Å²) in [6, 6.07) is 16.8. The van der Waals surface area contributed by atoms with Gasteiger partial charge in [-0.2, -0.15) is 0 Å². The fraction of sp³-hybridized carbons (Fsp3) is 0.407. The number of benzene rings is 2. The van der Waals surface area contributed by atoms with Gasteiger partial charge in [0, 0.05) is 20.0 Å². The minimum Gasteiger partial charge on any atom is -0.466 e. The number of rotatable bonds is 9. The number of hydrogen-bond donors (Lipinski definition) is 0. The molecule has 0 spiro atoms. The van der Waals surface area contributed by atoms with Gasteiger partial charge in [0.25, 0.3) is 0 Å². The van der Waals surface area contributed by atoms with Crippen molar-refractivity contribution in [2.24, 2.45) is 0 Å². The highest BCUT2D eigenvalue weighted by molar-refractivity contribution is 7.18. The number of unbranched alkanes of at least 4 members (excludes halogenated alkanes) is 1. The lowest BCUT2D eigenvalue weighted by Gasteiger charge is -2.31. The molecular formula is C27H32N2O3S. The van der Waals surface area contributed by atoms with E-state index in [-0.39, 0.29) is 18.2 Å². The lowest BCUT2D eigenvalue weighted by Crippen LogP contribution is -2.35. The maximum Gasteiger partial charge on any atom is 0.302 e. The monoisotopic (exact) mass is 464 g/mol. The molecule has 6 heteroatoms. The molecule has 0 radical (unpaired) electrons. The van der Waals surface area contributed by atoms with E-state index in [1.165, 1.54) is 11.6 Å². The van der Waals surface area contributed by atoms with Crippen molar-refractivity contribution in [1.82, 2.24) is 9.88 Å². The van der Waals surface area contributed by atoms with Crippen LogP contribution in [0.4, 0.5) is 0 Å². The summed E-state index contributed by atoms with van der Waals surface area (Å²) in [6.45, 7) is 4.03. The zero-order valence-corrected chi connectivity index (χ0v) is 20.2. The average molecular weight is 465 g/mol. The number of aromatic nitrogens is 1. The van der Waals surface area contributed by atoms with Gasteiger partial charge in [-0.15, -0.1) is 11.3 Å². The molecule has 1 aromatic heterocycles. The first-order valence-electron chi connectivity index (χ1n) is 11.7. The van der Waals surface area contributed by atoms with Crippen molar-refractivity contribution in [3.05, 3.63) is 70.7 Å². The van der Waals surface area contributed by atoms with E-state index >= 15 is 0 Å². The molecule has 3 aromatic rings. The van der Waals surface area contributed by atoms with Crippen molar-refractivity contribution < 1.29 is 14.3 Å². The van der Waals surface area contributed by atoms with Crippen molar-refractivity contribution in [3.8, 4) is 0 Å². The normalized spacial score (nSPS) is 16.4. The standard InChI is InChI=1S/C27H32N2O3S/c1-20(30)31-18-7-3-4-9-21-10-8-11-22(19-21)26(32-23-14-16-29(2)17-15-23)27-28-24-12-5-6-13-25(24)33-27/h4-6,8-13,19,23,26H,3,7,14-18H2,1-2H3/b9-4+. The Morgan fingerprint density at radius 2 is 2.03 bits per heavy atom. The Bertz CT molecular complexity index is 1050. The molecule has 2 heterocycles. The summed E-state index contributed by atoms with van der Waals surface area (Å²) in [5.41, 5.74) is 3.30. The molecule has 1 fully saturated rings. The number of thiazole rings is 1. The van der Waals surface area contributed by atoms with Crippen LogP contribution in [0.3, 0.4) is 0 Å². The van der Waals surface area contributed by atoms with E-state index in [4.69, 9.17) is 14.5 Å². The molecule has 4 rings (SSSR count). The highest BCUT2D eigenvalue weighted by atomic mass is 32.1. The number of esters is 1. The lowest BCUT2D eigenvalue weighted by atomic mass is 10.0. The van der Waals surface area contributed by atoms with Gasteiger partial charge in [0.15, 0.2) is 0 Å². The molecule has 0 aliphatic carbocycles. The molecule has 1 unspecified atom stereocenters. The van der Waals surface area contributed by atoms with E-state index in [0.29, 0.717) is 6.61 Å². The molecular weight excluding hydrogens is 432 g/mol. The summed E-state index contributed by atoms with van der Waals surface area (Å²) in [5.74, 6) is -0.225. The van der Waals surface area contributed by atoms with Crippen LogP contribution in [0.25, 0.3) is 16.3 Å². The second kappa shape index (κ2) is 11.5. The Labute approximate surface area is 200 Å². The third kappa shape index (κ3) is 6.73. The summed E-state index contributed by atoms with van der Waals surface area (Å²) in [7, 11) is 2.17. The molecule has 0 bridgehead atoms. The van der Waals surface area contributed by atoms with E-state index in [2.05, 4.69) is 66.6 Å². The minimum absolute atomic E-state index is 0.173. The Morgan fingerprint density at radius 1 is 1.21 bits per heavy atom. The third-order valence-electron chi connectivity index (χ3n) is 5.87. The van der Waals surface area contributed by atoms with Gasteiger partial charge in [-0.3, -0.25) is 4.79 Å². The van der Waals surface area contributed by atoms with Gasteiger partial charge >= 0.3 is 5.97 Å². The number of fused-ring (bicyclic) bond motifs is 1. The lowest BCUT2D eigenvalue weighted by molar-refractivity contribution is -0.141. The first-order valence-corrected chi connectivity index (χ1v) is 12.5. The molecule has 0 saturated carbocycles. The predicted octanol–water partition coefficient (Wildman–Crippen LogP) is 5.85. The number of ether oxygens (including phenoxy) is 2. The topological polar surface area (TPSA) is 51.7 Å². The maximum absolute atomic E-state index is 10.9. The molecule has 1 saturated heterocycles. The van der Waals surface area contributed by atoms with Crippen LogP contribution in [-0.2, 0) is 14.3 Å². The number of nitrogens with zero attached hydrogens (tertiary/aromatic N) is 2. The highest BCUT2D eigenvalue weighted by Crippen LogP contribution is 2.35. The van der Waals surface area contributed by atoms with Crippen LogP contribution in [0, 0.1) is 0 Å². The van der Waals surface area contributed by atoms with Gasteiger partial charge in [0.2, 0.25) is 0 Å². The minimum atomic E-state index is -0.225. The fourth-order valence-corrected chi connectivity index (χ4v) is 5.09. The molecule has 5 nitrogen and oxygen atoms in total. The number of hydrogen-bond acceptors (Lipinski definition) is 6. The van der Waals surface area contributed by atoms with E-state index in [1.54, 1.807) is 11.3 Å². The number of para-hydroxylation sites is 1. The van der Waals surface area contributed by atoms with E-state index in [1.807, 2.05) is 6.07 Å². The van der Waals surface area contributed by atoms with Gasteiger partial charge in [-0.25, -0.2) is 4.98 Å². The number of likely N-dealkylation sites (tertiary alicyclic amines) is 1. The molecule has 1 aliphatic heterocycles. The van der Waals surface area contributed by atoms with Crippen molar-refractivity contribution in [2.75, 3.05) is 26.7 Å². The Morgan fingerprint density at radius 3 is 2.82 bits per heavy atom. The largest absolute Gasteiger partial charge is 0.466 e. The summed E-state index contributed by atoms with van der Waals surface area (Å²) in [6.07, 6.45) is 8.09. The van der Waals surface area contributed by atoms with Crippen LogP contribution in [-0.4, -0.2) is 48.7 Å². The summed E-state index contributed by atoms with van der Waals surface area (Å²) < 4.78 is 12.9. The van der Waals surface area contributed by atoms with E-state index < -0.39 is 0 Å². The molecule has 1 atom stereocenters. The second-order valence-electron chi connectivity index (χ2n) is 8.59. The van der Waals surface area contributed by atoms with Crippen molar-refractivity contribution >= 4 is 33.6 Å². The molecule has 0 amide bonds. The van der Waals surface area contributed by atoms with Crippen LogP contribution in [0.1, 0.15) is 54.8 Å². The van der Waals surface area contributed by atoms with Gasteiger partial charge in [-0.1, -0.05) is 42.5 Å². The summed E-state index contributed by atoms with van der Waals surface area (Å²) in [5, 5.41) is 1.01. The maximum atomic E-state index is 10.9. The SMILES string of the molecule is CC(=O)OCCC/C=C/c1cccc(C(OC2CCN(C)CC2)c2nc3ccccc3s2)c1. The van der Waals surface area contributed by atoms with Crippen LogP contribution in [0.15, 0.2) is 54.6 Å². The van der Waals surface area contributed by atoms with Gasteiger partial charge in [-0.05, 0) is 62.1 Å². The van der Waals surface area contributed by atoms with Gasteiger partial charge < -0.3 is 14.4 Å². The smallest absolute Gasteiger partial charge is 0.302 e. The zero-order chi connectivity index (χ0) is 23.0. The molecule has 33 heavy (non-hydrogen) atoms. The van der Waals surface area contributed by atoms with Crippen LogP contribution < -0.4 is 0 Å². The molecule has 0 N–H and O–H groups in total. The molecule has 2 aromatic carbocycles. The number of carbonyl (C=O) groups is 1. The summed E-state index contributed by atoms with van der Waals surface area (Å²) in [4.78, 5) is 18.2. The Balaban J connectivity index is 1.52. The average Bonchev–Trinajstić information content (AvgIpc) is 3.25. The number of carbonyl (C=O) groups excluding carboxylic acids is 1. The third-order valence-corrected chi connectivity index (χ3v) is 6.95. The van der Waals surface area contributed by atoms with Crippen LogP contribution >= 0.6 is 11.3 Å². The van der Waals surface area contributed by atoms with Crippen molar-refractivity contribution in [1.29, 1.82) is 0 Å². The Hall–Kier alpha value is -2.54. The Kier molecular flexibility index (Phi) is 8.26. The van der Waals surface area contributed by atoms with Gasteiger partial charge in [0.05, 0.1) is 22.9 Å². The van der Waals surface area contributed by atoms with Crippen molar-refractivity contribution in [2.45, 2.75) is 44.8 Å². The predicted molar refractivity (Wildman–Crippen MR) is 134 cm³/mol. The van der Waals surface area contributed by atoms with E-state index in [9.17, 15) is 4.79 Å². The fourth-order valence-electron chi connectivity index (χ4n) is 4.06. The first-order chi connectivity index (χ1) is 16.1. The quantitative estimate of drug-likeness (QED) is 0.294. The zero-order valence-electron chi connectivity index (χ0n) is 19.4. The van der Waals surface area contributed by atoms with Crippen molar-refractivity contribution in [3.63, 3.8) is 0 Å². The summed E-state index contributed by atoms with van der Waals surface area (Å²) >= 11 is 1.72. The number of piperidine rings is 1. The second-order valence-corrected chi connectivity index (χ2v) is 9.66. The van der Waals surface area contributed by atoms with E-state index in [0.717, 1.165) is 60.4 Å². The number of allylic oxidation sites excluding steroid dienone is 1. The van der Waals surface area contributed by atoms with Crippen LogP contribution in [0.5, 0.6) is 0 Å².